The number of nitrogens with zero attached hydrogens (tertiary/aromatic N) is 1. The highest BCUT2D eigenvalue weighted by molar-refractivity contribution is 5.83. The Morgan fingerprint density at radius 2 is 2.15 bits per heavy atom. The fraction of sp³-hybridized carbons (Fsp3) is 0.524. The number of fused-ring (bicyclic) bond motifs is 1. The summed E-state index contributed by atoms with van der Waals surface area (Å²) in [7, 11) is 0. The second-order valence-electron chi connectivity index (χ2n) is 7.93. The van der Waals surface area contributed by atoms with Gasteiger partial charge in [-0.3, -0.25) is 9.89 Å². The van der Waals surface area contributed by atoms with Gasteiger partial charge in [0.2, 0.25) is 5.91 Å². The fourth-order valence-corrected chi connectivity index (χ4v) is 4.63. The number of H-pyrrole nitrogens is 1. The Morgan fingerprint density at radius 1 is 1.31 bits per heavy atom. The fourth-order valence-electron chi connectivity index (χ4n) is 4.63. The predicted molar refractivity (Wildman–Crippen MR) is 98.2 cm³/mol. The highest BCUT2D eigenvalue weighted by Gasteiger charge is 2.40. The number of halogens is 1. The van der Waals surface area contributed by atoms with E-state index in [0.29, 0.717) is 6.42 Å². The maximum Gasteiger partial charge on any atom is 0.226 e. The first-order valence-electron chi connectivity index (χ1n) is 9.71. The summed E-state index contributed by atoms with van der Waals surface area (Å²) in [6, 6.07) is 6.87. The van der Waals surface area contributed by atoms with E-state index in [1.807, 2.05) is 12.3 Å². The number of amides is 1. The van der Waals surface area contributed by atoms with Crippen LogP contribution in [-0.4, -0.2) is 22.1 Å². The summed E-state index contributed by atoms with van der Waals surface area (Å²) in [6.45, 7) is 0. The number of aromatic nitrogens is 2. The minimum atomic E-state index is -0.400. The topological polar surface area (TPSA) is 57.8 Å². The quantitative estimate of drug-likeness (QED) is 0.878. The van der Waals surface area contributed by atoms with Crippen molar-refractivity contribution in [3.63, 3.8) is 0 Å². The molecule has 1 atom stereocenters. The van der Waals surface area contributed by atoms with Gasteiger partial charge >= 0.3 is 0 Å². The van der Waals surface area contributed by atoms with Crippen LogP contribution in [0.25, 0.3) is 0 Å². The van der Waals surface area contributed by atoms with Gasteiger partial charge in [-0.05, 0) is 61.8 Å². The molecule has 2 aromatic rings. The molecule has 0 spiro atoms. The largest absolute Gasteiger partial charge is 0.353 e. The molecule has 2 aliphatic rings. The lowest BCUT2D eigenvalue weighted by molar-refractivity contribution is -0.133. The second kappa shape index (κ2) is 7.22. The van der Waals surface area contributed by atoms with Crippen molar-refractivity contribution in [2.75, 3.05) is 0 Å². The van der Waals surface area contributed by atoms with Gasteiger partial charge in [-0.1, -0.05) is 31.4 Å². The Morgan fingerprint density at radius 3 is 2.96 bits per heavy atom. The first-order chi connectivity index (χ1) is 12.6. The Hall–Kier alpha value is -2.17. The molecule has 1 fully saturated rings. The summed E-state index contributed by atoms with van der Waals surface area (Å²) in [4.78, 5) is 13.3. The lowest BCUT2D eigenvalue weighted by atomic mass is 9.69. The molecular formula is C21H26FN3O. The van der Waals surface area contributed by atoms with E-state index in [1.54, 1.807) is 12.1 Å². The van der Waals surface area contributed by atoms with Crippen molar-refractivity contribution in [3.8, 4) is 0 Å². The lowest BCUT2D eigenvalue weighted by Crippen LogP contribution is -2.49. The van der Waals surface area contributed by atoms with Gasteiger partial charge in [0, 0.05) is 11.7 Å². The van der Waals surface area contributed by atoms with Crippen molar-refractivity contribution in [1.82, 2.24) is 15.5 Å². The van der Waals surface area contributed by atoms with Crippen molar-refractivity contribution >= 4 is 5.91 Å². The van der Waals surface area contributed by atoms with Crippen molar-refractivity contribution in [1.29, 1.82) is 0 Å². The molecule has 138 valence electrons. The van der Waals surface area contributed by atoms with Crippen LogP contribution in [0.5, 0.6) is 0 Å². The predicted octanol–water partition coefficient (Wildman–Crippen LogP) is 3.72. The van der Waals surface area contributed by atoms with E-state index >= 15 is 0 Å². The van der Waals surface area contributed by atoms with Gasteiger partial charge in [-0.2, -0.15) is 5.10 Å². The summed E-state index contributed by atoms with van der Waals surface area (Å²) in [5, 5.41) is 10.5. The normalized spacial score (nSPS) is 21.8. The zero-order valence-electron chi connectivity index (χ0n) is 15.1. The van der Waals surface area contributed by atoms with Gasteiger partial charge in [-0.25, -0.2) is 4.39 Å². The molecular weight excluding hydrogens is 329 g/mol. The SMILES string of the molecule is O=C(NC1CCc2[nH]ncc2C1)C1(Cc2cccc(F)c2)CCCCC1. The molecule has 1 aromatic heterocycles. The molecule has 0 radical (unpaired) electrons. The van der Waals surface area contributed by atoms with Gasteiger partial charge in [-0.15, -0.1) is 0 Å². The van der Waals surface area contributed by atoms with Crippen LogP contribution < -0.4 is 5.32 Å². The van der Waals surface area contributed by atoms with Gasteiger partial charge in [0.1, 0.15) is 5.82 Å². The molecule has 0 saturated heterocycles. The van der Waals surface area contributed by atoms with Gasteiger partial charge in [0.05, 0.1) is 11.6 Å². The molecule has 1 amide bonds. The minimum absolute atomic E-state index is 0.151. The van der Waals surface area contributed by atoms with Crippen molar-refractivity contribution in [2.45, 2.75) is 63.8 Å². The number of rotatable bonds is 4. The highest BCUT2D eigenvalue weighted by Crippen LogP contribution is 2.40. The Balaban J connectivity index is 1.50. The number of nitrogens with one attached hydrogen (secondary N) is 2. The zero-order valence-corrected chi connectivity index (χ0v) is 15.1. The third kappa shape index (κ3) is 3.53. The summed E-state index contributed by atoms with van der Waals surface area (Å²) in [6.07, 6.45) is 10.3. The van der Waals surface area contributed by atoms with Crippen molar-refractivity contribution in [3.05, 3.63) is 53.1 Å². The number of hydrogen-bond donors (Lipinski definition) is 2. The smallest absolute Gasteiger partial charge is 0.226 e. The maximum atomic E-state index is 13.6. The van der Waals surface area contributed by atoms with Crippen LogP contribution in [0.1, 0.15) is 55.3 Å². The minimum Gasteiger partial charge on any atom is -0.353 e. The number of hydrogen-bond acceptors (Lipinski definition) is 2. The molecule has 2 N–H and O–H groups in total. The van der Waals surface area contributed by atoms with Crippen LogP contribution in [0.15, 0.2) is 30.5 Å². The summed E-state index contributed by atoms with van der Waals surface area (Å²) in [5.74, 6) is -0.0768. The Kier molecular flexibility index (Phi) is 4.79. The van der Waals surface area contributed by atoms with Gasteiger partial charge < -0.3 is 5.32 Å². The van der Waals surface area contributed by atoms with E-state index in [1.165, 1.54) is 23.7 Å². The van der Waals surface area contributed by atoms with E-state index < -0.39 is 5.41 Å². The summed E-state index contributed by atoms with van der Waals surface area (Å²) < 4.78 is 13.6. The molecule has 2 aliphatic carbocycles. The standard InChI is InChI=1S/C21H26FN3O/c22-17-6-4-5-15(11-17)13-21(9-2-1-3-10-21)20(26)24-18-7-8-19-16(12-18)14-23-25-19/h4-6,11,14,18H,1-3,7-10,12-13H2,(H,23,25)(H,24,26). The first kappa shape index (κ1) is 17.3. The zero-order chi connectivity index (χ0) is 18.0. The van der Waals surface area contributed by atoms with Crippen LogP contribution >= 0.6 is 0 Å². The Bertz CT molecular complexity index is 779. The van der Waals surface area contributed by atoms with E-state index in [0.717, 1.165) is 50.5 Å². The van der Waals surface area contributed by atoms with Crippen LogP contribution in [-0.2, 0) is 24.1 Å². The van der Waals surface area contributed by atoms with E-state index in [-0.39, 0.29) is 17.8 Å². The summed E-state index contributed by atoms with van der Waals surface area (Å²) >= 11 is 0. The second-order valence-corrected chi connectivity index (χ2v) is 7.93. The van der Waals surface area contributed by atoms with Gasteiger partial charge in [0.15, 0.2) is 0 Å². The van der Waals surface area contributed by atoms with Gasteiger partial charge in [0.25, 0.3) is 0 Å². The number of carbonyl (C=O) groups excluding carboxylic acids is 1. The number of aromatic amines is 1. The molecule has 1 saturated carbocycles. The molecule has 0 bridgehead atoms. The third-order valence-electron chi connectivity index (χ3n) is 6.08. The molecule has 4 nitrogen and oxygen atoms in total. The average Bonchev–Trinajstić information content (AvgIpc) is 3.10. The molecule has 1 heterocycles. The third-order valence-corrected chi connectivity index (χ3v) is 6.08. The molecule has 26 heavy (non-hydrogen) atoms. The molecule has 5 heteroatoms. The highest BCUT2D eigenvalue weighted by atomic mass is 19.1. The molecule has 1 aromatic carbocycles. The number of carbonyl (C=O) groups is 1. The Labute approximate surface area is 153 Å². The van der Waals surface area contributed by atoms with Crippen LogP contribution in [0.4, 0.5) is 4.39 Å². The lowest BCUT2D eigenvalue weighted by Gasteiger charge is -2.38. The van der Waals surface area contributed by atoms with E-state index in [4.69, 9.17) is 0 Å². The monoisotopic (exact) mass is 355 g/mol. The van der Waals surface area contributed by atoms with E-state index in [9.17, 15) is 9.18 Å². The van der Waals surface area contributed by atoms with Crippen LogP contribution in [0, 0.1) is 11.2 Å². The molecule has 4 rings (SSSR count). The first-order valence-corrected chi connectivity index (χ1v) is 9.71. The number of benzene rings is 1. The van der Waals surface area contributed by atoms with Crippen LogP contribution in [0.3, 0.4) is 0 Å². The van der Waals surface area contributed by atoms with E-state index in [2.05, 4.69) is 15.5 Å². The van der Waals surface area contributed by atoms with Crippen molar-refractivity contribution < 1.29 is 9.18 Å². The van der Waals surface area contributed by atoms with Crippen molar-refractivity contribution in [2.24, 2.45) is 5.41 Å². The van der Waals surface area contributed by atoms with Crippen LogP contribution in [0.2, 0.25) is 0 Å². The average molecular weight is 355 g/mol. The molecule has 0 aliphatic heterocycles. The molecule has 1 unspecified atom stereocenters. The number of aryl methyl sites for hydroxylation is 1. The maximum absolute atomic E-state index is 13.6. The summed E-state index contributed by atoms with van der Waals surface area (Å²) in [5.41, 5.74) is 2.93.